The highest BCUT2D eigenvalue weighted by Crippen LogP contribution is 2.07. The van der Waals surface area contributed by atoms with E-state index in [4.69, 9.17) is 23.8 Å². The molecule has 0 atom stereocenters. The van der Waals surface area contributed by atoms with Crippen molar-refractivity contribution in [1.82, 2.24) is 9.97 Å². The Bertz CT molecular complexity index is 290. The number of hydrogen-bond acceptors (Lipinski definition) is 3. The molecule has 1 heterocycles. The van der Waals surface area contributed by atoms with E-state index in [1.165, 1.54) is 6.20 Å². The number of terminal acetylenes is 1. The number of anilines is 1. The molecule has 0 aliphatic heterocycles. The van der Waals surface area contributed by atoms with Crippen LogP contribution in [0.4, 0.5) is 5.82 Å². The highest BCUT2D eigenvalue weighted by molar-refractivity contribution is 6.29. The van der Waals surface area contributed by atoms with Crippen LogP contribution in [-0.2, 0) is 0 Å². The molecule has 0 aliphatic rings. The Morgan fingerprint density at radius 2 is 2.40 bits per heavy atom. The SMILES string of the molecule is C#Cc1nc(Cl)cnc1N. The van der Waals surface area contributed by atoms with Crippen molar-refractivity contribution in [1.29, 1.82) is 0 Å². The third-order valence-electron chi connectivity index (χ3n) is 0.908. The van der Waals surface area contributed by atoms with Gasteiger partial charge in [0.1, 0.15) is 5.15 Å². The number of nitrogens with zero attached hydrogens (tertiary/aromatic N) is 2. The fraction of sp³-hybridized carbons (Fsp3) is 0. The summed E-state index contributed by atoms with van der Waals surface area (Å²) in [7, 11) is 0. The highest BCUT2D eigenvalue weighted by atomic mass is 35.5. The molecule has 0 fully saturated rings. The zero-order valence-electron chi connectivity index (χ0n) is 5.00. The van der Waals surface area contributed by atoms with Gasteiger partial charge in [0.2, 0.25) is 0 Å². The molecular weight excluding hydrogens is 150 g/mol. The smallest absolute Gasteiger partial charge is 0.158 e. The van der Waals surface area contributed by atoms with Crippen LogP contribution in [0.1, 0.15) is 5.69 Å². The van der Waals surface area contributed by atoms with Crippen LogP contribution < -0.4 is 5.73 Å². The Kier molecular flexibility index (Phi) is 1.74. The topological polar surface area (TPSA) is 51.8 Å². The molecule has 0 radical (unpaired) electrons. The van der Waals surface area contributed by atoms with Gasteiger partial charge in [-0.3, -0.25) is 0 Å². The standard InChI is InChI=1S/C6H4ClN3/c1-2-4-6(8)9-3-5(7)10-4/h1,3H,(H2,8,9). The van der Waals surface area contributed by atoms with Crippen molar-refractivity contribution in [2.24, 2.45) is 0 Å². The number of nitrogen functional groups attached to an aromatic ring is 1. The van der Waals surface area contributed by atoms with Gasteiger partial charge in [0, 0.05) is 0 Å². The third-order valence-corrected chi connectivity index (χ3v) is 1.09. The lowest BCUT2D eigenvalue weighted by Crippen LogP contribution is -1.96. The first kappa shape index (κ1) is 6.84. The van der Waals surface area contributed by atoms with E-state index >= 15 is 0 Å². The summed E-state index contributed by atoms with van der Waals surface area (Å²) < 4.78 is 0. The van der Waals surface area contributed by atoms with E-state index in [0.717, 1.165) is 0 Å². The van der Waals surface area contributed by atoms with Crippen LogP contribution in [0.15, 0.2) is 6.20 Å². The summed E-state index contributed by atoms with van der Waals surface area (Å²) in [5.41, 5.74) is 5.61. The Morgan fingerprint density at radius 1 is 1.70 bits per heavy atom. The predicted molar refractivity (Wildman–Crippen MR) is 39.4 cm³/mol. The maximum Gasteiger partial charge on any atom is 0.158 e. The second kappa shape index (κ2) is 2.54. The first-order chi connectivity index (χ1) is 4.74. The Hall–Kier alpha value is -1.27. The summed E-state index contributed by atoms with van der Waals surface area (Å²) in [5.74, 6) is 2.48. The van der Waals surface area contributed by atoms with Gasteiger partial charge in [-0.05, 0) is 5.92 Å². The molecule has 3 nitrogen and oxygen atoms in total. The van der Waals surface area contributed by atoms with E-state index < -0.39 is 0 Å². The molecule has 0 amide bonds. The van der Waals surface area contributed by atoms with E-state index in [0.29, 0.717) is 0 Å². The Morgan fingerprint density at radius 3 is 2.90 bits per heavy atom. The number of hydrogen-bond donors (Lipinski definition) is 1. The minimum absolute atomic E-state index is 0.229. The van der Waals surface area contributed by atoms with Gasteiger partial charge in [0.25, 0.3) is 0 Å². The number of rotatable bonds is 0. The maximum absolute atomic E-state index is 5.47. The van der Waals surface area contributed by atoms with Crippen LogP contribution in [0.25, 0.3) is 0 Å². The molecule has 0 saturated heterocycles. The maximum atomic E-state index is 5.47. The molecule has 0 unspecified atom stereocenters. The van der Waals surface area contributed by atoms with Crippen molar-refractivity contribution in [3.63, 3.8) is 0 Å². The highest BCUT2D eigenvalue weighted by Gasteiger charge is 1.97. The molecule has 0 spiro atoms. The lowest BCUT2D eigenvalue weighted by molar-refractivity contribution is 1.19. The summed E-state index contributed by atoms with van der Waals surface area (Å²) in [6.45, 7) is 0. The number of nitrogens with two attached hydrogens (primary N) is 1. The molecular formula is C6H4ClN3. The molecule has 10 heavy (non-hydrogen) atoms. The normalized spacial score (nSPS) is 8.80. The molecule has 4 heteroatoms. The quantitative estimate of drug-likeness (QED) is 0.558. The van der Waals surface area contributed by atoms with Gasteiger partial charge >= 0.3 is 0 Å². The van der Waals surface area contributed by atoms with Gasteiger partial charge in [-0.15, -0.1) is 6.42 Å². The lowest BCUT2D eigenvalue weighted by atomic mass is 10.4. The van der Waals surface area contributed by atoms with Crippen LogP contribution in [0.2, 0.25) is 5.15 Å². The van der Waals surface area contributed by atoms with E-state index in [9.17, 15) is 0 Å². The molecule has 0 bridgehead atoms. The molecule has 0 aromatic carbocycles. The van der Waals surface area contributed by atoms with Crippen molar-refractivity contribution < 1.29 is 0 Å². The zero-order valence-corrected chi connectivity index (χ0v) is 5.76. The van der Waals surface area contributed by atoms with Crippen molar-refractivity contribution in [3.8, 4) is 12.3 Å². The average molecular weight is 154 g/mol. The van der Waals surface area contributed by atoms with Crippen molar-refractivity contribution >= 4 is 17.4 Å². The monoisotopic (exact) mass is 153 g/mol. The number of aromatic nitrogens is 2. The molecule has 1 rings (SSSR count). The van der Waals surface area contributed by atoms with E-state index in [-0.39, 0.29) is 16.7 Å². The van der Waals surface area contributed by atoms with E-state index in [2.05, 4.69) is 15.9 Å². The van der Waals surface area contributed by atoms with Crippen molar-refractivity contribution in [2.45, 2.75) is 0 Å². The largest absolute Gasteiger partial charge is 0.381 e. The molecule has 2 N–H and O–H groups in total. The summed E-state index contributed by atoms with van der Waals surface area (Å²) >= 11 is 5.47. The van der Waals surface area contributed by atoms with Crippen LogP contribution in [0.3, 0.4) is 0 Å². The second-order valence-electron chi connectivity index (χ2n) is 1.57. The predicted octanol–water partition coefficient (Wildman–Crippen LogP) is 0.694. The summed E-state index contributed by atoms with van der Waals surface area (Å²) in [6, 6.07) is 0. The van der Waals surface area contributed by atoms with Crippen LogP contribution in [-0.4, -0.2) is 9.97 Å². The van der Waals surface area contributed by atoms with Gasteiger partial charge in [0.15, 0.2) is 11.5 Å². The van der Waals surface area contributed by atoms with Crippen molar-refractivity contribution in [2.75, 3.05) is 5.73 Å². The minimum Gasteiger partial charge on any atom is -0.381 e. The first-order valence-electron chi connectivity index (χ1n) is 2.48. The summed E-state index contributed by atoms with van der Waals surface area (Å²) in [4.78, 5) is 7.42. The van der Waals surface area contributed by atoms with E-state index in [1.54, 1.807) is 0 Å². The molecule has 1 aromatic heterocycles. The van der Waals surface area contributed by atoms with Gasteiger partial charge in [-0.2, -0.15) is 0 Å². The fourth-order valence-electron chi connectivity index (χ4n) is 0.483. The summed E-state index contributed by atoms with van der Waals surface area (Å²) in [6.07, 6.45) is 6.37. The van der Waals surface area contributed by atoms with Gasteiger partial charge in [-0.1, -0.05) is 11.6 Å². The fourth-order valence-corrected chi connectivity index (χ4v) is 0.616. The molecule has 50 valence electrons. The van der Waals surface area contributed by atoms with Gasteiger partial charge < -0.3 is 5.73 Å². The van der Waals surface area contributed by atoms with Crippen LogP contribution in [0.5, 0.6) is 0 Å². The zero-order chi connectivity index (χ0) is 7.56. The molecule has 1 aromatic rings. The first-order valence-corrected chi connectivity index (χ1v) is 2.86. The second-order valence-corrected chi connectivity index (χ2v) is 1.96. The van der Waals surface area contributed by atoms with Crippen LogP contribution >= 0.6 is 11.6 Å². The average Bonchev–Trinajstić information content (AvgIpc) is 1.94. The Labute approximate surface area is 63.2 Å². The molecule has 0 aliphatic carbocycles. The van der Waals surface area contributed by atoms with Crippen molar-refractivity contribution in [3.05, 3.63) is 17.0 Å². The lowest BCUT2D eigenvalue weighted by Gasteiger charge is -1.94. The summed E-state index contributed by atoms with van der Waals surface area (Å²) in [5, 5.41) is 0.252. The van der Waals surface area contributed by atoms with Gasteiger partial charge in [-0.25, -0.2) is 9.97 Å². The van der Waals surface area contributed by atoms with Gasteiger partial charge in [0.05, 0.1) is 6.20 Å². The van der Waals surface area contributed by atoms with E-state index in [1.807, 2.05) is 0 Å². The minimum atomic E-state index is 0.229. The third kappa shape index (κ3) is 1.17. The molecule has 0 saturated carbocycles. The number of halogens is 1. The van der Waals surface area contributed by atoms with Crippen LogP contribution in [0, 0.1) is 12.3 Å². The Balaban J connectivity index is 3.25.